The summed E-state index contributed by atoms with van der Waals surface area (Å²) in [7, 11) is 5.37. The number of halogens is 1. The molecule has 0 aromatic rings. The Morgan fingerprint density at radius 1 is 1.50 bits per heavy atom. The number of nitrogens with zero attached hydrogens (tertiary/aromatic N) is 1. The Hall–Kier alpha value is -0.0700. The van der Waals surface area contributed by atoms with Crippen LogP contribution in [0.25, 0.3) is 0 Å². The van der Waals surface area contributed by atoms with Crippen LogP contribution in [0.3, 0.4) is 0 Å². The summed E-state index contributed by atoms with van der Waals surface area (Å²) in [6.45, 7) is 0.750. The molecule has 3 nitrogen and oxygen atoms in total. The molecule has 4 heteroatoms. The van der Waals surface area contributed by atoms with Gasteiger partial charge in [-0.2, -0.15) is 0 Å². The molecule has 0 saturated carbocycles. The van der Waals surface area contributed by atoms with Crippen molar-refractivity contribution in [3.8, 4) is 0 Å². The number of quaternary nitrogens is 1. The van der Waals surface area contributed by atoms with Crippen molar-refractivity contribution in [2.45, 2.75) is 0 Å². The molecular formula is C8H13INO2+. The molecule has 0 bridgehead atoms. The van der Waals surface area contributed by atoms with Gasteiger partial charge in [0.15, 0.2) is 12.3 Å². The molecule has 0 fully saturated rings. The molecule has 1 unspecified atom stereocenters. The van der Waals surface area contributed by atoms with E-state index in [1.807, 2.05) is 19.3 Å². The standard InChI is InChI=1S/C8H13INO2/c1-10(12-3)5-7(9)4-8(6-10)11-2/h4-5H,6H2,1-3H3/q+1. The van der Waals surface area contributed by atoms with Crippen LogP contribution in [0.5, 0.6) is 0 Å². The minimum atomic E-state index is 0.442. The molecule has 1 heterocycles. The number of ether oxygens (including phenoxy) is 1. The lowest BCUT2D eigenvalue weighted by Crippen LogP contribution is -2.40. The van der Waals surface area contributed by atoms with Gasteiger partial charge in [-0.15, -0.1) is 4.65 Å². The summed E-state index contributed by atoms with van der Waals surface area (Å²) in [6, 6.07) is 0. The maximum atomic E-state index is 5.32. The highest BCUT2D eigenvalue weighted by atomic mass is 127. The van der Waals surface area contributed by atoms with E-state index in [0.717, 1.165) is 15.9 Å². The van der Waals surface area contributed by atoms with Gasteiger partial charge in [-0.25, -0.2) is 4.84 Å². The van der Waals surface area contributed by atoms with Crippen molar-refractivity contribution in [1.29, 1.82) is 0 Å². The molecule has 0 radical (unpaired) electrons. The fourth-order valence-electron chi connectivity index (χ4n) is 1.09. The SMILES string of the molecule is COC1=CC(I)=C[N+](C)(OC)C1. The second-order valence-corrected chi connectivity index (χ2v) is 4.09. The topological polar surface area (TPSA) is 18.5 Å². The highest BCUT2D eigenvalue weighted by molar-refractivity contribution is 14.1. The van der Waals surface area contributed by atoms with Crippen molar-refractivity contribution in [2.75, 3.05) is 27.8 Å². The zero-order chi connectivity index (χ0) is 9.19. The van der Waals surface area contributed by atoms with Gasteiger partial charge in [0.2, 0.25) is 0 Å². The third-order valence-electron chi connectivity index (χ3n) is 1.84. The van der Waals surface area contributed by atoms with Crippen molar-refractivity contribution in [1.82, 2.24) is 0 Å². The predicted molar refractivity (Wildman–Crippen MR) is 55.3 cm³/mol. The molecule has 0 aromatic heterocycles. The first-order chi connectivity index (χ1) is 5.59. The summed E-state index contributed by atoms with van der Waals surface area (Å²) in [5.41, 5.74) is 0. The van der Waals surface area contributed by atoms with Crippen LogP contribution in [-0.4, -0.2) is 32.5 Å². The largest absolute Gasteiger partial charge is 0.495 e. The van der Waals surface area contributed by atoms with Crippen LogP contribution in [-0.2, 0) is 9.57 Å². The van der Waals surface area contributed by atoms with Crippen molar-refractivity contribution in [3.63, 3.8) is 0 Å². The molecule has 0 spiro atoms. The Balaban J connectivity index is 2.84. The van der Waals surface area contributed by atoms with Gasteiger partial charge in [-0.1, -0.05) is 0 Å². The average molecular weight is 282 g/mol. The molecule has 68 valence electrons. The maximum Gasteiger partial charge on any atom is 0.171 e. The van der Waals surface area contributed by atoms with Gasteiger partial charge in [0.05, 0.1) is 17.8 Å². The normalized spacial score (nSPS) is 29.3. The zero-order valence-corrected chi connectivity index (χ0v) is 9.66. The molecule has 1 rings (SSSR count). The van der Waals surface area contributed by atoms with Gasteiger partial charge < -0.3 is 4.74 Å². The maximum absolute atomic E-state index is 5.32. The first kappa shape index (κ1) is 10.0. The van der Waals surface area contributed by atoms with E-state index in [1.54, 1.807) is 14.2 Å². The number of hydrogen-bond acceptors (Lipinski definition) is 2. The van der Waals surface area contributed by atoms with Crippen LogP contribution < -0.4 is 0 Å². The lowest BCUT2D eigenvalue weighted by atomic mass is 10.3. The van der Waals surface area contributed by atoms with Gasteiger partial charge in [0.25, 0.3) is 0 Å². The molecular weight excluding hydrogens is 269 g/mol. The van der Waals surface area contributed by atoms with E-state index in [4.69, 9.17) is 9.57 Å². The van der Waals surface area contributed by atoms with Crippen LogP contribution in [0.4, 0.5) is 0 Å². The average Bonchev–Trinajstić information content (AvgIpc) is 2.03. The first-order valence-electron chi connectivity index (χ1n) is 3.63. The molecule has 0 N–H and O–H groups in total. The summed E-state index contributed by atoms with van der Waals surface area (Å²) in [5, 5.41) is 0. The van der Waals surface area contributed by atoms with E-state index in [-0.39, 0.29) is 0 Å². The third-order valence-corrected chi connectivity index (χ3v) is 2.43. The molecule has 0 saturated heterocycles. The summed E-state index contributed by atoms with van der Waals surface area (Å²) >= 11 is 2.25. The fourth-order valence-corrected chi connectivity index (χ4v) is 2.03. The highest BCUT2D eigenvalue weighted by Gasteiger charge is 2.26. The molecule has 0 amide bonds. The summed E-state index contributed by atoms with van der Waals surface area (Å²) in [5.74, 6) is 0.950. The Morgan fingerprint density at radius 2 is 2.17 bits per heavy atom. The zero-order valence-electron chi connectivity index (χ0n) is 7.50. The predicted octanol–water partition coefficient (Wildman–Crippen LogP) is 1.81. The Morgan fingerprint density at radius 3 is 2.67 bits per heavy atom. The Kier molecular flexibility index (Phi) is 3.14. The number of hydroxylamine groups is 3. The van der Waals surface area contributed by atoms with Crippen LogP contribution >= 0.6 is 22.6 Å². The summed E-state index contributed by atoms with van der Waals surface area (Å²) in [6.07, 6.45) is 4.06. The van der Waals surface area contributed by atoms with E-state index in [0.29, 0.717) is 4.65 Å². The number of rotatable bonds is 2. The van der Waals surface area contributed by atoms with Gasteiger partial charge >= 0.3 is 0 Å². The second kappa shape index (κ2) is 3.76. The number of hydrogen-bond donors (Lipinski definition) is 0. The van der Waals surface area contributed by atoms with E-state index in [9.17, 15) is 0 Å². The minimum Gasteiger partial charge on any atom is -0.495 e. The smallest absolute Gasteiger partial charge is 0.171 e. The van der Waals surface area contributed by atoms with Gasteiger partial charge in [-0.05, 0) is 22.6 Å². The van der Waals surface area contributed by atoms with Crippen LogP contribution in [0.15, 0.2) is 21.6 Å². The quantitative estimate of drug-likeness (QED) is 0.568. The van der Waals surface area contributed by atoms with E-state index in [1.165, 1.54) is 0 Å². The minimum absolute atomic E-state index is 0.442. The molecule has 1 atom stereocenters. The van der Waals surface area contributed by atoms with Gasteiger partial charge in [0, 0.05) is 6.08 Å². The molecule has 0 aliphatic carbocycles. The van der Waals surface area contributed by atoms with E-state index in [2.05, 4.69) is 22.6 Å². The lowest BCUT2D eigenvalue weighted by Gasteiger charge is -2.28. The summed E-state index contributed by atoms with van der Waals surface area (Å²) in [4.78, 5) is 5.32. The monoisotopic (exact) mass is 282 g/mol. The molecule has 1 aliphatic rings. The van der Waals surface area contributed by atoms with E-state index >= 15 is 0 Å². The van der Waals surface area contributed by atoms with Gasteiger partial charge in [0.1, 0.15) is 13.2 Å². The molecule has 1 aliphatic heterocycles. The molecule has 12 heavy (non-hydrogen) atoms. The van der Waals surface area contributed by atoms with Gasteiger partial charge in [-0.3, -0.25) is 0 Å². The third kappa shape index (κ3) is 2.21. The Bertz CT molecular complexity index is 237. The number of methoxy groups -OCH3 is 1. The Labute approximate surface area is 86.3 Å². The van der Waals surface area contributed by atoms with Crippen LogP contribution in [0.1, 0.15) is 0 Å². The van der Waals surface area contributed by atoms with Crippen LogP contribution in [0.2, 0.25) is 0 Å². The first-order valence-corrected chi connectivity index (χ1v) is 4.71. The van der Waals surface area contributed by atoms with Crippen molar-refractivity contribution in [3.05, 3.63) is 21.6 Å². The lowest BCUT2D eigenvalue weighted by molar-refractivity contribution is -1.05. The van der Waals surface area contributed by atoms with Crippen molar-refractivity contribution >= 4 is 22.6 Å². The fraction of sp³-hybridized carbons (Fsp3) is 0.500. The molecule has 0 aromatic carbocycles. The van der Waals surface area contributed by atoms with Crippen LogP contribution in [0, 0.1) is 0 Å². The number of likely N-dealkylation sites (N-methyl/N-ethyl adjacent to an activating group) is 1. The summed E-state index contributed by atoms with van der Waals surface area (Å²) < 4.78 is 6.76. The second-order valence-electron chi connectivity index (χ2n) is 2.84. The van der Waals surface area contributed by atoms with Crippen molar-refractivity contribution in [2.24, 2.45) is 0 Å². The number of allylic oxidation sites excluding steroid dienone is 2. The van der Waals surface area contributed by atoms with E-state index < -0.39 is 0 Å². The highest BCUT2D eigenvalue weighted by Crippen LogP contribution is 2.23. The van der Waals surface area contributed by atoms with Crippen molar-refractivity contribution < 1.29 is 14.2 Å².